The first-order valence-electron chi connectivity index (χ1n) is 5.08. The highest BCUT2D eigenvalue weighted by Gasteiger charge is 2.13. The van der Waals surface area contributed by atoms with Crippen LogP contribution in [-0.2, 0) is 4.79 Å². The molecule has 4 nitrogen and oxygen atoms in total. The van der Waals surface area contributed by atoms with Gasteiger partial charge in [0.25, 0.3) is 0 Å². The Balaban J connectivity index is 2.35. The van der Waals surface area contributed by atoms with Crippen LogP contribution >= 0.6 is 0 Å². The fourth-order valence-electron chi connectivity index (χ4n) is 1.52. The first-order chi connectivity index (χ1) is 6.74. The predicted molar refractivity (Wildman–Crippen MR) is 57.1 cm³/mol. The van der Waals surface area contributed by atoms with Crippen molar-refractivity contribution in [1.82, 2.24) is 15.5 Å². The Bertz CT molecular complexity index is 209. The van der Waals surface area contributed by atoms with Gasteiger partial charge in [-0.05, 0) is 6.92 Å². The van der Waals surface area contributed by atoms with Crippen LogP contribution in [0.1, 0.15) is 6.92 Å². The highest BCUT2D eigenvalue weighted by Crippen LogP contribution is 2.01. The van der Waals surface area contributed by atoms with E-state index in [0.717, 1.165) is 26.2 Å². The lowest BCUT2D eigenvalue weighted by Crippen LogP contribution is -2.46. The number of likely N-dealkylation sites (N-methyl/N-ethyl adjacent to an activating group) is 1. The zero-order valence-corrected chi connectivity index (χ0v) is 8.92. The Morgan fingerprint density at radius 3 is 2.71 bits per heavy atom. The fourth-order valence-corrected chi connectivity index (χ4v) is 1.52. The maximum absolute atomic E-state index is 11.0. The molecule has 14 heavy (non-hydrogen) atoms. The number of rotatable bonds is 3. The van der Waals surface area contributed by atoms with Crippen molar-refractivity contribution in [2.75, 3.05) is 33.2 Å². The molecule has 0 saturated carbocycles. The number of piperazine rings is 1. The van der Waals surface area contributed by atoms with Gasteiger partial charge in [-0.25, -0.2) is 0 Å². The van der Waals surface area contributed by atoms with Gasteiger partial charge in [-0.3, -0.25) is 9.69 Å². The average Bonchev–Trinajstić information content (AvgIpc) is 2.26. The van der Waals surface area contributed by atoms with Crippen molar-refractivity contribution in [3.63, 3.8) is 0 Å². The van der Waals surface area contributed by atoms with Gasteiger partial charge >= 0.3 is 0 Å². The zero-order chi connectivity index (χ0) is 10.4. The molecule has 0 aromatic carbocycles. The van der Waals surface area contributed by atoms with Gasteiger partial charge in [0.2, 0.25) is 5.91 Å². The van der Waals surface area contributed by atoms with Gasteiger partial charge in [-0.2, -0.15) is 0 Å². The van der Waals surface area contributed by atoms with Crippen LogP contribution < -0.4 is 10.6 Å². The van der Waals surface area contributed by atoms with E-state index in [1.807, 2.05) is 6.08 Å². The molecular formula is C10H19N3O. The standard InChI is InChI=1S/C10H19N3O/c1-9(3-4-10(14)11-2)13-7-5-12-6-8-13/h3-4,9,12H,5-8H2,1-2H3,(H,11,14). The summed E-state index contributed by atoms with van der Waals surface area (Å²) in [5.74, 6) is -0.0352. The first kappa shape index (κ1) is 11.2. The lowest BCUT2D eigenvalue weighted by Gasteiger charge is -2.31. The molecule has 1 saturated heterocycles. The minimum atomic E-state index is -0.0352. The maximum atomic E-state index is 11.0. The summed E-state index contributed by atoms with van der Waals surface area (Å²) in [6.07, 6.45) is 3.55. The van der Waals surface area contributed by atoms with E-state index in [4.69, 9.17) is 0 Å². The second-order valence-corrected chi connectivity index (χ2v) is 3.50. The number of carbonyl (C=O) groups excluding carboxylic acids is 1. The molecule has 1 atom stereocenters. The van der Waals surface area contributed by atoms with Gasteiger partial charge < -0.3 is 10.6 Å². The quantitative estimate of drug-likeness (QED) is 0.604. The van der Waals surface area contributed by atoms with Crippen molar-refractivity contribution in [1.29, 1.82) is 0 Å². The van der Waals surface area contributed by atoms with Crippen LogP contribution in [0, 0.1) is 0 Å². The minimum Gasteiger partial charge on any atom is -0.356 e. The Kier molecular flexibility index (Phi) is 4.62. The summed E-state index contributed by atoms with van der Waals surface area (Å²) in [6.45, 7) is 6.31. The molecule has 0 spiro atoms. The summed E-state index contributed by atoms with van der Waals surface area (Å²) in [6, 6.07) is 0.342. The van der Waals surface area contributed by atoms with E-state index in [0.29, 0.717) is 6.04 Å². The normalized spacial score (nSPS) is 21.0. The Labute approximate surface area is 85.3 Å². The van der Waals surface area contributed by atoms with Crippen molar-refractivity contribution >= 4 is 5.91 Å². The zero-order valence-electron chi connectivity index (χ0n) is 8.92. The van der Waals surface area contributed by atoms with Crippen molar-refractivity contribution in [2.45, 2.75) is 13.0 Å². The summed E-state index contributed by atoms with van der Waals surface area (Å²) in [5.41, 5.74) is 0. The number of nitrogens with one attached hydrogen (secondary N) is 2. The van der Waals surface area contributed by atoms with Crippen LogP contribution in [0.4, 0.5) is 0 Å². The second kappa shape index (κ2) is 5.78. The maximum Gasteiger partial charge on any atom is 0.243 e. The molecule has 80 valence electrons. The van der Waals surface area contributed by atoms with Gasteiger partial charge in [0, 0.05) is 45.3 Å². The molecule has 0 aromatic rings. The Morgan fingerprint density at radius 2 is 2.14 bits per heavy atom. The van der Waals surface area contributed by atoms with E-state index < -0.39 is 0 Å². The third kappa shape index (κ3) is 3.47. The lowest BCUT2D eigenvalue weighted by atomic mass is 10.2. The van der Waals surface area contributed by atoms with E-state index in [9.17, 15) is 4.79 Å². The predicted octanol–water partition coefficient (Wildman–Crippen LogP) is -0.418. The van der Waals surface area contributed by atoms with E-state index in [2.05, 4.69) is 22.5 Å². The number of hydrogen-bond donors (Lipinski definition) is 2. The molecule has 1 aliphatic rings. The fraction of sp³-hybridized carbons (Fsp3) is 0.700. The molecule has 1 heterocycles. The number of hydrogen-bond acceptors (Lipinski definition) is 3. The SMILES string of the molecule is CNC(=O)C=CC(C)N1CCNCC1. The molecule has 0 radical (unpaired) electrons. The van der Waals surface area contributed by atoms with Crippen LogP contribution in [-0.4, -0.2) is 50.1 Å². The van der Waals surface area contributed by atoms with Crippen molar-refractivity contribution in [2.24, 2.45) is 0 Å². The van der Waals surface area contributed by atoms with Gasteiger partial charge in [-0.1, -0.05) is 6.08 Å². The highest BCUT2D eigenvalue weighted by molar-refractivity contribution is 5.87. The van der Waals surface area contributed by atoms with Gasteiger partial charge in [0.15, 0.2) is 0 Å². The van der Waals surface area contributed by atoms with Crippen molar-refractivity contribution < 1.29 is 4.79 Å². The van der Waals surface area contributed by atoms with E-state index in [1.54, 1.807) is 13.1 Å². The third-order valence-corrected chi connectivity index (χ3v) is 2.50. The second-order valence-electron chi connectivity index (χ2n) is 3.50. The molecule has 1 unspecified atom stereocenters. The molecule has 1 amide bonds. The number of carbonyl (C=O) groups is 1. The molecule has 0 aromatic heterocycles. The minimum absolute atomic E-state index is 0.0352. The summed E-state index contributed by atoms with van der Waals surface area (Å²) in [7, 11) is 1.64. The van der Waals surface area contributed by atoms with Gasteiger partial charge in [0.05, 0.1) is 0 Å². The Hall–Kier alpha value is -0.870. The van der Waals surface area contributed by atoms with Gasteiger partial charge in [-0.15, -0.1) is 0 Å². The first-order valence-corrected chi connectivity index (χ1v) is 5.08. The third-order valence-electron chi connectivity index (χ3n) is 2.50. The molecule has 1 rings (SSSR count). The summed E-state index contributed by atoms with van der Waals surface area (Å²) in [5, 5.41) is 5.87. The van der Waals surface area contributed by atoms with Crippen LogP contribution in [0.2, 0.25) is 0 Å². The summed E-state index contributed by atoms with van der Waals surface area (Å²) < 4.78 is 0. The molecule has 0 bridgehead atoms. The summed E-state index contributed by atoms with van der Waals surface area (Å²) in [4.78, 5) is 13.3. The largest absolute Gasteiger partial charge is 0.356 e. The topological polar surface area (TPSA) is 44.4 Å². The lowest BCUT2D eigenvalue weighted by molar-refractivity contribution is -0.116. The molecule has 1 aliphatic heterocycles. The van der Waals surface area contributed by atoms with E-state index in [1.165, 1.54) is 0 Å². The van der Waals surface area contributed by atoms with Gasteiger partial charge in [0.1, 0.15) is 0 Å². The molecule has 0 aliphatic carbocycles. The van der Waals surface area contributed by atoms with Crippen molar-refractivity contribution in [3.05, 3.63) is 12.2 Å². The van der Waals surface area contributed by atoms with Crippen molar-refractivity contribution in [3.8, 4) is 0 Å². The average molecular weight is 197 g/mol. The van der Waals surface area contributed by atoms with Crippen LogP contribution in [0.15, 0.2) is 12.2 Å². The molecule has 1 fully saturated rings. The van der Waals surface area contributed by atoms with Crippen LogP contribution in [0.3, 0.4) is 0 Å². The molecule has 4 heteroatoms. The molecular weight excluding hydrogens is 178 g/mol. The van der Waals surface area contributed by atoms with Crippen LogP contribution in [0.25, 0.3) is 0 Å². The smallest absolute Gasteiger partial charge is 0.243 e. The summed E-state index contributed by atoms with van der Waals surface area (Å²) >= 11 is 0. The van der Waals surface area contributed by atoms with E-state index in [-0.39, 0.29) is 5.91 Å². The number of amides is 1. The Morgan fingerprint density at radius 1 is 1.50 bits per heavy atom. The number of nitrogens with zero attached hydrogens (tertiary/aromatic N) is 1. The van der Waals surface area contributed by atoms with Crippen LogP contribution in [0.5, 0.6) is 0 Å². The highest BCUT2D eigenvalue weighted by atomic mass is 16.1. The van der Waals surface area contributed by atoms with E-state index >= 15 is 0 Å². The molecule has 2 N–H and O–H groups in total. The monoisotopic (exact) mass is 197 g/mol.